The molecule has 0 aromatic rings. The normalized spacial score (nSPS) is 49.0. The molecule has 0 aromatic carbocycles. The number of carbonyl (C=O) groups is 1. The van der Waals surface area contributed by atoms with Crippen LogP contribution in [0, 0.1) is 23.2 Å². The number of aliphatic hydroxyl groups excluding tert-OH is 2. The molecule has 6 heteroatoms. The number of allylic oxidation sites excluding steroid dienone is 1. The predicted octanol–water partition coefficient (Wildman–Crippen LogP) is 0.710. The molecule has 0 amide bonds. The molecular formula is C21H32O6. The van der Waals surface area contributed by atoms with Gasteiger partial charge < -0.3 is 25.5 Å². The molecule has 27 heavy (non-hydrogen) atoms. The molecule has 0 bridgehead atoms. The lowest BCUT2D eigenvalue weighted by Gasteiger charge is -2.49. The smallest absolute Gasteiger partial charge is 0.190 e. The Morgan fingerprint density at radius 3 is 2.41 bits per heavy atom. The van der Waals surface area contributed by atoms with E-state index in [9.17, 15) is 30.3 Å². The Morgan fingerprint density at radius 1 is 1.30 bits per heavy atom. The van der Waals surface area contributed by atoms with E-state index in [1.165, 1.54) is 0 Å². The van der Waals surface area contributed by atoms with Crippen molar-refractivity contribution in [1.29, 1.82) is 0 Å². The van der Waals surface area contributed by atoms with Crippen LogP contribution in [0.4, 0.5) is 0 Å². The van der Waals surface area contributed by atoms with E-state index in [0.717, 1.165) is 0 Å². The van der Waals surface area contributed by atoms with Crippen LogP contribution in [-0.2, 0) is 4.79 Å². The Kier molecular flexibility index (Phi) is 4.57. The minimum Gasteiger partial charge on any atom is -0.392 e. The van der Waals surface area contributed by atoms with Gasteiger partial charge in [0.15, 0.2) is 5.78 Å². The Morgan fingerprint density at radius 2 is 1.89 bits per heavy atom. The number of aliphatic hydroxyl groups is 5. The molecule has 2 fully saturated rings. The number of ketones is 1. The molecule has 0 aromatic heterocycles. The predicted molar refractivity (Wildman–Crippen MR) is 99.6 cm³/mol. The Bertz CT molecular complexity index is 724. The fraction of sp³-hybridized carbons (Fsp3) is 0.762. The van der Waals surface area contributed by atoms with Gasteiger partial charge in [-0.2, -0.15) is 0 Å². The van der Waals surface area contributed by atoms with Crippen molar-refractivity contribution in [2.24, 2.45) is 23.2 Å². The van der Waals surface area contributed by atoms with Crippen molar-refractivity contribution < 1.29 is 30.3 Å². The second-order valence-electron chi connectivity index (χ2n) is 9.39. The standard InChI is InChI=1S/C21H32O6/c1-6-13(10-22)8-20(26)14(7-11(2)16(20)23)19(25)9-15-18(4,5)21(15,27)17(24)12(19)3/h6-7,12,14-15,17,22,24-27H,8-10H2,1-5H3/b13-6+/t12-,14+,15?,17-,19+,20-,21-/m1/s1. The number of hydrogen-bond donors (Lipinski definition) is 5. The molecular weight excluding hydrogens is 348 g/mol. The molecule has 0 heterocycles. The SMILES string of the molecule is C/C=C(/CO)C[C@]1(O)C(=O)C(C)=C[C@H]1[C@]1(O)CC2C(C)(C)[C@]2(O)[C@H](O)[C@H]1C. The summed E-state index contributed by atoms with van der Waals surface area (Å²) in [5.41, 5.74) is -4.38. The van der Waals surface area contributed by atoms with Crippen LogP contribution < -0.4 is 0 Å². The molecule has 3 rings (SSSR count). The fourth-order valence-electron chi connectivity index (χ4n) is 5.75. The quantitative estimate of drug-likeness (QED) is 0.459. The van der Waals surface area contributed by atoms with E-state index < -0.39 is 45.9 Å². The Labute approximate surface area is 160 Å². The second-order valence-corrected chi connectivity index (χ2v) is 9.39. The molecule has 1 unspecified atom stereocenters. The minimum atomic E-state index is -1.88. The highest BCUT2D eigenvalue weighted by Gasteiger charge is 2.80. The van der Waals surface area contributed by atoms with Gasteiger partial charge in [0.2, 0.25) is 0 Å². The summed E-state index contributed by atoms with van der Waals surface area (Å²) >= 11 is 0. The second kappa shape index (κ2) is 5.97. The van der Waals surface area contributed by atoms with Crippen LogP contribution in [0.2, 0.25) is 0 Å². The summed E-state index contributed by atoms with van der Waals surface area (Å²) in [6.07, 6.45) is 2.19. The zero-order valence-electron chi connectivity index (χ0n) is 16.7. The number of fused-ring (bicyclic) bond motifs is 1. The number of carbonyl (C=O) groups excluding carboxylic acids is 1. The highest BCUT2D eigenvalue weighted by molar-refractivity contribution is 6.04. The third kappa shape index (κ3) is 2.40. The van der Waals surface area contributed by atoms with Crippen LogP contribution >= 0.6 is 0 Å². The van der Waals surface area contributed by atoms with Gasteiger partial charge in [0.25, 0.3) is 0 Å². The monoisotopic (exact) mass is 380 g/mol. The molecule has 0 saturated heterocycles. The van der Waals surface area contributed by atoms with Crippen LogP contribution in [0.1, 0.15) is 47.5 Å². The van der Waals surface area contributed by atoms with E-state index in [2.05, 4.69) is 0 Å². The number of hydrogen-bond acceptors (Lipinski definition) is 6. The van der Waals surface area contributed by atoms with E-state index in [-0.39, 0.29) is 25.4 Å². The van der Waals surface area contributed by atoms with Crippen molar-refractivity contribution in [1.82, 2.24) is 0 Å². The fourth-order valence-corrected chi connectivity index (χ4v) is 5.75. The summed E-state index contributed by atoms with van der Waals surface area (Å²) in [6.45, 7) is 8.41. The van der Waals surface area contributed by atoms with Crippen molar-refractivity contribution in [2.45, 2.75) is 70.4 Å². The van der Waals surface area contributed by atoms with Gasteiger partial charge in [0, 0.05) is 29.6 Å². The van der Waals surface area contributed by atoms with Gasteiger partial charge in [-0.1, -0.05) is 32.9 Å². The van der Waals surface area contributed by atoms with Crippen LogP contribution in [0.15, 0.2) is 23.3 Å². The summed E-state index contributed by atoms with van der Waals surface area (Å²) in [7, 11) is 0. The van der Waals surface area contributed by atoms with E-state index >= 15 is 0 Å². The third-order valence-corrected chi connectivity index (χ3v) is 7.92. The highest BCUT2D eigenvalue weighted by Crippen LogP contribution is 2.71. The average Bonchev–Trinajstić information content (AvgIpc) is 2.94. The summed E-state index contributed by atoms with van der Waals surface area (Å²) in [6, 6.07) is 0. The molecule has 5 N–H and O–H groups in total. The lowest BCUT2D eigenvalue weighted by molar-refractivity contribution is -0.195. The van der Waals surface area contributed by atoms with Crippen molar-refractivity contribution >= 4 is 5.78 Å². The van der Waals surface area contributed by atoms with Gasteiger partial charge in [-0.15, -0.1) is 0 Å². The first kappa shape index (κ1) is 20.7. The summed E-state index contributed by atoms with van der Waals surface area (Å²) < 4.78 is 0. The van der Waals surface area contributed by atoms with Gasteiger partial charge in [-0.25, -0.2) is 0 Å². The lowest BCUT2D eigenvalue weighted by atomic mass is 9.62. The van der Waals surface area contributed by atoms with Gasteiger partial charge in [0.05, 0.1) is 23.9 Å². The molecule has 3 aliphatic rings. The maximum absolute atomic E-state index is 12.8. The topological polar surface area (TPSA) is 118 Å². The van der Waals surface area contributed by atoms with Crippen molar-refractivity contribution in [2.75, 3.05) is 6.61 Å². The molecule has 2 saturated carbocycles. The zero-order valence-corrected chi connectivity index (χ0v) is 16.7. The molecule has 0 spiro atoms. The maximum Gasteiger partial charge on any atom is 0.190 e. The van der Waals surface area contributed by atoms with Crippen LogP contribution in [0.5, 0.6) is 0 Å². The first-order chi connectivity index (χ1) is 12.3. The number of rotatable bonds is 4. The Hall–Kier alpha value is -1.05. The van der Waals surface area contributed by atoms with Gasteiger partial charge >= 0.3 is 0 Å². The molecule has 7 atom stereocenters. The van der Waals surface area contributed by atoms with Crippen molar-refractivity contribution in [3.05, 3.63) is 23.3 Å². The van der Waals surface area contributed by atoms with Crippen molar-refractivity contribution in [3.63, 3.8) is 0 Å². The largest absolute Gasteiger partial charge is 0.392 e. The van der Waals surface area contributed by atoms with Gasteiger partial charge in [-0.3, -0.25) is 4.79 Å². The van der Waals surface area contributed by atoms with Crippen LogP contribution in [0.3, 0.4) is 0 Å². The summed E-state index contributed by atoms with van der Waals surface area (Å²) in [5, 5.41) is 54.3. The van der Waals surface area contributed by atoms with E-state index in [0.29, 0.717) is 11.1 Å². The summed E-state index contributed by atoms with van der Waals surface area (Å²) in [4.78, 5) is 12.8. The minimum absolute atomic E-state index is 0.0825. The van der Waals surface area contributed by atoms with Crippen LogP contribution in [-0.4, -0.2) is 60.8 Å². The van der Waals surface area contributed by atoms with Crippen LogP contribution in [0.25, 0.3) is 0 Å². The lowest BCUT2D eigenvalue weighted by Crippen LogP contribution is -2.62. The molecule has 152 valence electrons. The van der Waals surface area contributed by atoms with Gasteiger partial charge in [0.1, 0.15) is 5.60 Å². The highest BCUT2D eigenvalue weighted by atomic mass is 16.4. The zero-order chi connectivity index (χ0) is 20.6. The molecule has 3 aliphatic carbocycles. The van der Waals surface area contributed by atoms with E-state index in [1.54, 1.807) is 32.9 Å². The average molecular weight is 380 g/mol. The number of Topliss-reactive ketones (excluding diaryl/α,β-unsaturated/α-hetero) is 1. The first-order valence-electron chi connectivity index (χ1n) is 9.65. The molecule has 6 nitrogen and oxygen atoms in total. The molecule has 0 radical (unpaired) electrons. The first-order valence-corrected chi connectivity index (χ1v) is 9.65. The Balaban J connectivity index is 2.04. The third-order valence-electron chi connectivity index (χ3n) is 7.92. The van der Waals surface area contributed by atoms with Crippen molar-refractivity contribution in [3.8, 4) is 0 Å². The van der Waals surface area contributed by atoms with Gasteiger partial charge in [-0.05, 0) is 31.4 Å². The summed E-state index contributed by atoms with van der Waals surface area (Å²) in [5.74, 6) is -2.46. The maximum atomic E-state index is 12.8. The van der Waals surface area contributed by atoms with E-state index in [4.69, 9.17) is 0 Å². The van der Waals surface area contributed by atoms with E-state index in [1.807, 2.05) is 13.8 Å². The molecule has 0 aliphatic heterocycles.